The Labute approximate surface area is 125 Å². The van der Waals surface area contributed by atoms with Crippen LogP contribution in [0.2, 0.25) is 0 Å². The number of rotatable bonds is 11. The smallest absolute Gasteiger partial charge is 0.0320 e. The molecule has 0 aromatic rings. The van der Waals surface area contributed by atoms with Crippen molar-refractivity contribution in [1.29, 1.82) is 0 Å². The molecule has 0 amide bonds. The van der Waals surface area contributed by atoms with Crippen molar-refractivity contribution >= 4 is 9.24 Å². The monoisotopic (exact) mass is 284 g/mol. The van der Waals surface area contributed by atoms with Crippen molar-refractivity contribution in [1.82, 2.24) is 0 Å². The zero-order valence-corrected chi connectivity index (χ0v) is 15.1. The first-order chi connectivity index (χ1) is 9.14. The van der Waals surface area contributed by atoms with Crippen LogP contribution in [-0.4, -0.2) is 6.16 Å². The van der Waals surface area contributed by atoms with Crippen molar-refractivity contribution in [3.63, 3.8) is 0 Å². The molecule has 0 aliphatic rings. The van der Waals surface area contributed by atoms with Crippen LogP contribution in [0, 0.1) is 23.7 Å². The summed E-state index contributed by atoms with van der Waals surface area (Å²) in [5, 5.41) is 0. The Hall–Kier alpha value is 0.170. The summed E-state index contributed by atoms with van der Waals surface area (Å²) >= 11 is 0. The van der Waals surface area contributed by atoms with Gasteiger partial charge in [0.25, 0.3) is 0 Å². The highest BCUT2D eigenvalue weighted by molar-refractivity contribution is 7.16. The zero-order chi connectivity index (χ0) is 14.7. The van der Waals surface area contributed by atoms with E-state index in [0.717, 1.165) is 23.7 Å². The molecule has 0 N–H and O–H groups in total. The highest BCUT2D eigenvalue weighted by atomic mass is 31.0. The lowest BCUT2D eigenvalue weighted by Gasteiger charge is -2.30. The van der Waals surface area contributed by atoms with Crippen molar-refractivity contribution in [2.24, 2.45) is 23.7 Å². The SMILES string of the molecule is C/C=C/CC(CC)C(CC)CC(C)C(CC)CCP. The van der Waals surface area contributed by atoms with Gasteiger partial charge in [0.15, 0.2) is 0 Å². The molecule has 5 atom stereocenters. The van der Waals surface area contributed by atoms with Gasteiger partial charge in [0.05, 0.1) is 0 Å². The fourth-order valence-electron chi connectivity index (χ4n) is 3.47. The second kappa shape index (κ2) is 12.0. The van der Waals surface area contributed by atoms with Crippen LogP contribution in [0.1, 0.15) is 73.1 Å². The van der Waals surface area contributed by atoms with E-state index < -0.39 is 0 Å². The van der Waals surface area contributed by atoms with Gasteiger partial charge in [0, 0.05) is 0 Å². The molecule has 0 saturated carbocycles. The maximum absolute atomic E-state index is 2.90. The second-order valence-corrected chi connectivity index (χ2v) is 6.68. The zero-order valence-electron chi connectivity index (χ0n) is 14.0. The average molecular weight is 284 g/mol. The van der Waals surface area contributed by atoms with E-state index in [1.807, 2.05) is 0 Å². The molecule has 5 unspecified atom stereocenters. The largest absolute Gasteiger partial charge is 0.138 e. The number of allylic oxidation sites excluding steroid dienone is 2. The fourth-order valence-corrected chi connectivity index (χ4v) is 3.90. The summed E-state index contributed by atoms with van der Waals surface area (Å²) in [5.41, 5.74) is 0. The van der Waals surface area contributed by atoms with Gasteiger partial charge in [0.2, 0.25) is 0 Å². The predicted octanol–water partition coefficient (Wildman–Crippen LogP) is 6.32. The number of hydrogen-bond donors (Lipinski definition) is 0. The molecule has 114 valence electrons. The topological polar surface area (TPSA) is 0 Å². The Kier molecular flexibility index (Phi) is 12.1. The molecule has 0 aromatic carbocycles. The van der Waals surface area contributed by atoms with E-state index >= 15 is 0 Å². The molecule has 0 aliphatic heterocycles. The van der Waals surface area contributed by atoms with Crippen LogP contribution in [0.25, 0.3) is 0 Å². The van der Waals surface area contributed by atoms with Gasteiger partial charge in [0.1, 0.15) is 0 Å². The second-order valence-electron chi connectivity index (χ2n) is 6.10. The van der Waals surface area contributed by atoms with E-state index in [2.05, 4.69) is 56.0 Å². The standard InChI is InChI=1S/C18H37P/c1-6-10-11-17(8-3)18(9-4)14-15(5)16(7-2)12-13-19/h6,10,15-18H,7-9,11-14,19H2,1-5H3/b10-6+. The quantitative estimate of drug-likeness (QED) is 0.307. The van der Waals surface area contributed by atoms with Gasteiger partial charge < -0.3 is 0 Å². The molecule has 19 heavy (non-hydrogen) atoms. The predicted molar refractivity (Wildman–Crippen MR) is 93.7 cm³/mol. The van der Waals surface area contributed by atoms with Gasteiger partial charge in [-0.3, -0.25) is 0 Å². The van der Waals surface area contributed by atoms with E-state index in [-0.39, 0.29) is 0 Å². The summed E-state index contributed by atoms with van der Waals surface area (Å²) in [6.07, 6.45) is 13.9. The fraction of sp³-hybridized carbons (Fsp3) is 0.889. The molecular weight excluding hydrogens is 247 g/mol. The Morgan fingerprint density at radius 1 is 0.947 bits per heavy atom. The van der Waals surface area contributed by atoms with E-state index in [1.54, 1.807) is 0 Å². The molecule has 0 rings (SSSR count). The molecule has 0 fully saturated rings. The van der Waals surface area contributed by atoms with Crippen LogP contribution in [0.15, 0.2) is 12.2 Å². The summed E-state index contributed by atoms with van der Waals surface area (Å²) in [6.45, 7) is 11.7. The molecule has 0 saturated heterocycles. The Morgan fingerprint density at radius 3 is 1.95 bits per heavy atom. The third-order valence-electron chi connectivity index (χ3n) is 4.93. The molecule has 0 aromatic heterocycles. The maximum Gasteiger partial charge on any atom is -0.0320 e. The minimum absolute atomic E-state index is 0.884. The first-order valence-corrected chi connectivity index (χ1v) is 9.27. The molecule has 0 heterocycles. The minimum Gasteiger partial charge on any atom is -0.138 e. The Morgan fingerprint density at radius 2 is 1.53 bits per heavy atom. The van der Waals surface area contributed by atoms with Crippen molar-refractivity contribution in [3.05, 3.63) is 12.2 Å². The lowest BCUT2D eigenvalue weighted by Crippen LogP contribution is -2.20. The van der Waals surface area contributed by atoms with Crippen LogP contribution in [0.5, 0.6) is 0 Å². The van der Waals surface area contributed by atoms with E-state index in [1.165, 1.54) is 44.7 Å². The van der Waals surface area contributed by atoms with Crippen LogP contribution in [0.4, 0.5) is 0 Å². The van der Waals surface area contributed by atoms with E-state index in [9.17, 15) is 0 Å². The lowest BCUT2D eigenvalue weighted by molar-refractivity contribution is 0.212. The normalized spacial score (nSPS) is 18.4. The molecule has 0 aliphatic carbocycles. The number of hydrogen-bond acceptors (Lipinski definition) is 0. The lowest BCUT2D eigenvalue weighted by atomic mass is 9.75. The van der Waals surface area contributed by atoms with Gasteiger partial charge in [-0.25, -0.2) is 0 Å². The van der Waals surface area contributed by atoms with Crippen molar-refractivity contribution in [3.8, 4) is 0 Å². The molecular formula is C18H37P. The first-order valence-electron chi connectivity index (χ1n) is 8.45. The molecule has 1 heteroatoms. The van der Waals surface area contributed by atoms with Crippen molar-refractivity contribution in [2.45, 2.75) is 73.1 Å². The van der Waals surface area contributed by atoms with Gasteiger partial charge in [-0.2, -0.15) is 0 Å². The molecule has 0 bridgehead atoms. The third-order valence-corrected chi connectivity index (χ3v) is 5.26. The molecule has 0 spiro atoms. The average Bonchev–Trinajstić information content (AvgIpc) is 2.43. The maximum atomic E-state index is 2.90. The van der Waals surface area contributed by atoms with Crippen LogP contribution in [0.3, 0.4) is 0 Å². The first kappa shape index (κ1) is 19.2. The minimum atomic E-state index is 0.884. The van der Waals surface area contributed by atoms with Gasteiger partial charge >= 0.3 is 0 Å². The van der Waals surface area contributed by atoms with Gasteiger partial charge in [-0.1, -0.05) is 59.1 Å². The van der Waals surface area contributed by atoms with Crippen molar-refractivity contribution in [2.75, 3.05) is 6.16 Å². The summed E-state index contributed by atoms with van der Waals surface area (Å²) < 4.78 is 0. The third kappa shape index (κ3) is 7.50. The Balaban J connectivity index is 4.49. The highest BCUT2D eigenvalue weighted by Gasteiger charge is 2.23. The summed E-state index contributed by atoms with van der Waals surface area (Å²) in [5.74, 6) is 3.60. The molecule has 0 radical (unpaired) electrons. The Bertz CT molecular complexity index is 222. The molecule has 0 nitrogen and oxygen atoms in total. The van der Waals surface area contributed by atoms with Crippen LogP contribution >= 0.6 is 9.24 Å². The van der Waals surface area contributed by atoms with E-state index in [4.69, 9.17) is 0 Å². The van der Waals surface area contributed by atoms with Gasteiger partial charge in [-0.15, -0.1) is 9.24 Å². The highest BCUT2D eigenvalue weighted by Crippen LogP contribution is 2.33. The van der Waals surface area contributed by atoms with E-state index in [0.29, 0.717) is 0 Å². The van der Waals surface area contributed by atoms with Crippen molar-refractivity contribution < 1.29 is 0 Å². The summed E-state index contributed by atoms with van der Waals surface area (Å²) in [4.78, 5) is 0. The summed E-state index contributed by atoms with van der Waals surface area (Å²) in [6, 6.07) is 0. The van der Waals surface area contributed by atoms with Gasteiger partial charge in [-0.05, 0) is 56.0 Å². The van der Waals surface area contributed by atoms with Crippen LogP contribution < -0.4 is 0 Å². The summed E-state index contributed by atoms with van der Waals surface area (Å²) in [7, 11) is 2.90. The van der Waals surface area contributed by atoms with Crippen LogP contribution in [-0.2, 0) is 0 Å².